The van der Waals surface area contributed by atoms with E-state index >= 15 is 0 Å². The van der Waals surface area contributed by atoms with Crippen LogP contribution in [0.5, 0.6) is 0 Å². The lowest BCUT2D eigenvalue weighted by Gasteiger charge is -2.12. The summed E-state index contributed by atoms with van der Waals surface area (Å²) < 4.78 is 0. The van der Waals surface area contributed by atoms with Gasteiger partial charge in [-0.1, -0.05) is 168 Å². The molecule has 16 aromatic rings. The lowest BCUT2D eigenvalue weighted by atomic mass is 9.96. The van der Waals surface area contributed by atoms with Gasteiger partial charge < -0.3 is 0 Å². The van der Waals surface area contributed by atoms with Crippen LogP contribution in [0.3, 0.4) is 0 Å². The molecule has 0 aliphatic heterocycles. The second-order valence-electron chi connectivity index (χ2n) is 39.0. The number of pyridine rings is 8. The zero-order valence-corrected chi connectivity index (χ0v) is 83.4. The summed E-state index contributed by atoms with van der Waals surface area (Å²) in [6.07, 6.45) is 16.5. The van der Waals surface area contributed by atoms with E-state index in [0.717, 1.165) is 96.9 Å². The molecule has 664 valence electrons. The maximum atomic E-state index is 4.66. The first-order valence-electron chi connectivity index (χ1n) is 47.5. The smallest absolute Gasteiger partial charge is 0.0417 e. The van der Waals surface area contributed by atoms with Crippen molar-refractivity contribution < 1.29 is 0 Å². The standard InChI is InChI=1S/4C16H17N.4C15H15N/c1-9-5-6-14-13(7-9)8-15-12(4)17-11(3)10(2)16(14)15;1-9-5-6-13-8-14-12(4)17-11(3)10(2)16(14)15(13)7-9;1-9-6-5-7-13-14(9)8-15-12(4)17-11(3)10(2)16(13)15;1-9-6-5-7-13-8-14-12(4)17-11(3)10(2)16(14)15(9)13;1-9-4-5-14-12(6-9)7-13-8-16-11(3)10(2)15(13)14;1-9-4-5-12-7-13-8-16-11(3)10(2)15(13)14(12)6-9;1-9-5-4-6-13-14(9)7-12-8-16-11(3)10(2)15(12)13;1-9-5-4-6-12-7-13-8-16-11(3)10(2)15(13)14(9)12/h4*5-7H,8H2,1-4H3;4*4-6,8H,7H2,1-3H3. The highest BCUT2D eigenvalue weighted by molar-refractivity contribution is 5.88. The van der Waals surface area contributed by atoms with Crippen LogP contribution in [0.2, 0.25) is 0 Å². The number of benzene rings is 8. The van der Waals surface area contributed by atoms with Gasteiger partial charge in [-0.05, 0) is 439 Å². The summed E-state index contributed by atoms with van der Waals surface area (Å²) in [7, 11) is 0. The molecule has 24 rings (SSSR count). The van der Waals surface area contributed by atoms with Gasteiger partial charge in [0.15, 0.2) is 0 Å². The van der Waals surface area contributed by atoms with Crippen LogP contribution < -0.4 is 0 Å². The summed E-state index contributed by atoms with van der Waals surface area (Å²) >= 11 is 0. The monoisotopic (exact) mass is 1730 g/mol. The van der Waals surface area contributed by atoms with Gasteiger partial charge in [-0.25, -0.2) is 0 Å². The zero-order chi connectivity index (χ0) is 93.8. The van der Waals surface area contributed by atoms with Crippen LogP contribution in [0.25, 0.3) is 89.0 Å². The van der Waals surface area contributed by atoms with E-state index in [9.17, 15) is 0 Å². The molecule has 132 heavy (non-hydrogen) atoms. The minimum Gasteiger partial charge on any atom is -0.261 e. The fourth-order valence-corrected chi connectivity index (χ4v) is 22.0. The van der Waals surface area contributed by atoms with Gasteiger partial charge in [-0.2, -0.15) is 0 Å². The molecule has 0 bridgehead atoms. The SMILES string of the molecule is Cc1ccc2c(c1)-c1c(C)c(C)nc(C)c1C2.Cc1ccc2c(c1)-c1c(cnc(C)c1C)C2.Cc1ccc2c(c1)Cc1c(C)nc(C)c(C)c1-2.Cc1ccc2c(c1)Cc1cnc(C)c(C)c1-2.Cc1cccc2c1-c1c(C)c(C)nc(C)c1C2.Cc1cccc2c1-c1c(cnc(C)c1C)C2.Cc1cccc2c1Cc1c(C)nc(C)c(C)c1-2.Cc1cccc2c1Cc1cnc(C)c(C)c1-2. The number of rotatable bonds is 0. The lowest BCUT2D eigenvalue weighted by Crippen LogP contribution is -1.98. The van der Waals surface area contributed by atoms with Crippen LogP contribution in [-0.2, 0) is 51.4 Å². The van der Waals surface area contributed by atoms with Crippen molar-refractivity contribution in [1.29, 1.82) is 0 Å². The molecule has 0 unspecified atom stereocenters. The van der Waals surface area contributed by atoms with Crippen molar-refractivity contribution in [1.82, 2.24) is 39.9 Å². The van der Waals surface area contributed by atoms with E-state index in [1.165, 1.54) is 290 Å². The summed E-state index contributed by atoms with van der Waals surface area (Å²) in [5, 5.41) is 0. The van der Waals surface area contributed by atoms with Gasteiger partial charge in [0, 0.05) is 144 Å². The van der Waals surface area contributed by atoms with Crippen LogP contribution in [0.4, 0.5) is 0 Å². The van der Waals surface area contributed by atoms with Gasteiger partial charge in [0.1, 0.15) is 0 Å². The maximum Gasteiger partial charge on any atom is 0.0417 e. The molecule has 8 nitrogen and oxygen atoms in total. The Morgan fingerprint density at radius 3 is 0.917 bits per heavy atom. The second-order valence-corrected chi connectivity index (χ2v) is 39.0. The van der Waals surface area contributed by atoms with E-state index in [4.69, 9.17) is 0 Å². The molecule has 0 spiro atoms. The zero-order valence-electron chi connectivity index (χ0n) is 83.4. The average molecular weight is 1730 g/mol. The minimum absolute atomic E-state index is 1.04. The predicted molar refractivity (Wildman–Crippen MR) is 552 cm³/mol. The Morgan fingerprint density at radius 2 is 0.432 bits per heavy atom. The van der Waals surface area contributed by atoms with Gasteiger partial charge in [0.2, 0.25) is 0 Å². The van der Waals surface area contributed by atoms with Gasteiger partial charge in [-0.3, -0.25) is 39.9 Å². The molecule has 8 heterocycles. The maximum absolute atomic E-state index is 4.66. The first-order chi connectivity index (χ1) is 63.0. The highest BCUT2D eigenvalue weighted by Crippen LogP contribution is 2.49. The molecule has 0 radical (unpaired) electrons. The lowest BCUT2D eigenvalue weighted by molar-refractivity contribution is 1.04. The minimum atomic E-state index is 1.04. The third kappa shape index (κ3) is 16.7. The van der Waals surface area contributed by atoms with Crippen LogP contribution in [0, 0.1) is 194 Å². The van der Waals surface area contributed by atoms with Crippen molar-refractivity contribution in [3.05, 3.63) is 417 Å². The molecule has 8 aliphatic carbocycles. The first-order valence-corrected chi connectivity index (χ1v) is 47.5. The molecule has 0 fully saturated rings. The number of aryl methyl sites for hydroxylation is 20. The Kier molecular flexibility index (Phi) is 25.0. The van der Waals surface area contributed by atoms with E-state index < -0.39 is 0 Å². The summed E-state index contributed by atoms with van der Waals surface area (Å²) in [4.78, 5) is 36.5. The van der Waals surface area contributed by atoms with E-state index in [1.807, 2.05) is 24.8 Å². The summed E-state index contributed by atoms with van der Waals surface area (Å²) in [5.74, 6) is 0. The largest absolute Gasteiger partial charge is 0.261 e. The second kappa shape index (κ2) is 36.3. The quantitative estimate of drug-likeness (QED) is 0.148. The molecule has 0 saturated carbocycles. The Hall–Kier alpha value is -13.0. The Morgan fingerprint density at radius 1 is 0.159 bits per heavy atom. The number of hydrogen-bond acceptors (Lipinski definition) is 8. The number of aromatic nitrogens is 8. The average Bonchev–Trinajstić information content (AvgIpc) is 1.60. The normalized spacial score (nSPS) is 12.5. The van der Waals surface area contributed by atoms with Gasteiger partial charge in [0.25, 0.3) is 0 Å². The van der Waals surface area contributed by atoms with E-state index in [-0.39, 0.29) is 0 Å². The summed E-state index contributed by atoms with van der Waals surface area (Å²) in [5.41, 5.74) is 81.4. The van der Waals surface area contributed by atoms with Gasteiger partial charge >= 0.3 is 0 Å². The summed E-state index contributed by atoms with van der Waals surface area (Å²) in [6, 6.07) is 53.4. The molecule has 0 amide bonds. The van der Waals surface area contributed by atoms with Crippen LogP contribution in [0.15, 0.2) is 170 Å². The molecule has 8 aromatic carbocycles. The number of fused-ring (bicyclic) bond motifs is 24. The summed E-state index contributed by atoms with van der Waals surface area (Å²) in [6.45, 7) is 60.2. The molecule has 0 N–H and O–H groups in total. The van der Waals surface area contributed by atoms with Crippen LogP contribution in [0.1, 0.15) is 246 Å². The third-order valence-electron chi connectivity index (χ3n) is 30.3. The van der Waals surface area contributed by atoms with Gasteiger partial charge in [-0.15, -0.1) is 0 Å². The fraction of sp³-hybridized carbons (Fsp3) is 0.290. The van der Waals surface area contributed by atoms with Crippen molar-refractivity contribution in [3.63, 3.8) is 0 Å². The predicted octanol–water partition coefficient (Wildman–Crippen LogP) is 29.9. The Bertz CT molecular complexity index is 7430. The molecule has 8 aliphatic rings. The Balaban J connectivity index is 0.000000105. The van der Waals surface area contributed by atoms with Crippen molar-refractivity contribution in [2.45, 2.75) is 245 Å². The Labute approximate surface area is 785 Å². The van der Waals surface area contributed by atoms with Gasteiger partial charge in [0.05, 0.1) is 0 Å². The van der Waals surface area contributed by atoms with E-state index in [2.05, 4.69) is 379 Å². The van der Waals surface area contributed by atoms with Crippen molar-refractivity contribution in [2.75, 3.05) is 0 Å². The van der Waals surface area contributed by atoms with Crippen molar-refractivity contribution in [2.24, 2.45) is 0 Å². The molecular formula is C124H128N8. The molecular weight excluding hydrogens is 1600 g/mol. The van der Waals surface area contributed by atoms with Crippen LogP contribution >= 0.6 is 0 Å². The highest BCUT2D eigenvalue weighted by Gasteiger charge is 2.32. The van der Waals surface area contributed by atoms with Crippen molar-refractivity contribution >= 4 is 0 Å². The third-order valence-corrected chi connectivity index (χ3v) is 30.3. The topological polar surface area (TPSA) is 103 Å². The van der Waals surface area contributed by atoms with Crippen LogP contribution in [-0.4, -0.2) is 39.9 Å². The molecule has 0 saturated heterocycles. The molecule has 0 atom stereocenters. The number of hydrogen-bond donors (Lipinski definition) is 0. The first kappa shape index (κ1) is 90.9. The molecule has 8 aromatic heterocycles. The van der Waals surface area contributed by atoms with Crippen molar-refractivity contribution in [3.8, 4) is 89.0 Å². The molecule has 8 heteroatoms. The highest BCUT2D eigenvalue weighted by atomic mass is 14.7. The van der Waals surface area contributed by atoms with E-state index in [1.54, 1.807) is 0 Å². The fourth-order valence-electron chi connectivity index (χ4n) is 22.0. The number of nitrogens with zero attached hydrogens (tertiary/aromatic N) is 8. The van der Waals surface area contributed by atoms with E-state index in [0.29, 0.717) is 0 Å².